The van der Waals surface area contributed by atoms with Gasteiger partial charge in [0.15, 0.2) is 5.16 Å². The van der Waals surface area contributed by atoms with E-state index in [0.29, 0.717) is 5.92 Å². The number of hydrogen-bond donors (Lipinski definition) is 0. The van der Waals surface area contributed by atoms with E-state index in [9.17, 15) is 0 Å². The molecule has 0 amide bonds. The Morgan fingerprint density at radius 1 is 1.19 bits per heavy atom. The molecule has 106 valence electrons. The van der Waals surface area contributed by atoms with E-state index < -0.39 is 0 Å². The highest BCUT2D eigenvalue weighted by Crippen LogP contribution is 2.41. The molecule has 0 radical (unpaired) electrons. The van der Waals surface area contributed by atoms with Gasteiger partial charge in [-0.1, -0.05) is 30.0 Å². The average Bonchev–Trinajstić information content (AvgIpc) is 3.08. The Morgan fingerprint density at radius 3 is 2.76 bits per heavy atom. The molecule has 0 aliphatic heterocycles. The van der Waals surface area contributed by atoms with Crippen LogP contribution in [0.4, 0.5) is 0 Å². The highest BCUT2D eigenvalue weighted by molar-refractivity contribution is 7.98. The largest absolute Gasteiger partial charge is 0.274 e. The number of para-hydroxylation sites is 1. The van der Waals surface area contributed by atoms with Crippen molar-refractivity contribution in [3.8, 4) is 5.69 Å². The van der Waals surface area contributed by atoms with Crippen LogP contribution in [0.15, 0.2) is 46.4 Å². The van der Waals surface area contributed by atoms with Crippen LogP contribution in [0.5, 0.6) is 0 Å². The molecule has 2 heterocycles. The molecule has 1 aliphatic carbocycles. The van der Waals surface area contributed by atoms with Crippen molar-refractivity contribution in [2.24, 2.45) is 0 Å². The number of aromatic nitrogens is 4. The molecule has 0 unspecified atom stereocenters. The first-order valence-corrected chi connectivity index (χ1v) is 8.85. The molecule has 1 saturated carbocycles. The number of hydrogen-bond acceptors (Lipinski definition) is 5. The molecule has 4 nitrogen and oxygen atoms in total. The summed E-state index contributed by atoms with van der Waals surface area (Å²) < 4.78 is 2.20. The fourth-order valence-corrected chi connectivity index (χ4v) is 3.77. The summed E-state index contributed by atoms with van der Waals surface area (Å²) in [5.74, 6) is 2.51. The van der Waals surface area contributed by atoms with Crippen LogP contribution < -0.4 is 0 Å². The number of thiazole rings is 1. The van der Waals surface area contributed by atoms with E-state index in [2.05, 4.69) is 49.4 Å². The molecule has 0 spiro atoms. The standard InChI is InChI=1S/C15H14N4S2/c1-2-4-13(5-3-1)19-14(11-6-7-11)17-18-15(19)21-9-12-8-20-10-16-12/h1-5,8,10-11H,6-7,9H2. The van der Waals surface area contributed by atoms with E-state index in [1.165, 1.54) is 12.8 Å². The van der Waals surface area contributed by atoms with Crippen LogP contribution in [0, 0.1) is 0 Å². The highest BCUT2D eigenvalue weighted by atomic mass is 32.2. The van der Waals surface area contributed by atoms with Crippen molar-refractivity contribution in [1.29, 1.82) is 0 Å². The normalized spacial score (nSPS) is 14.5. The third-order valence-corrected chi connectivity index (χ3v) is 5.05. The van der Waals surface area contributed by atoms with Crippen molar-refractivity contribution < 1.29 is 0 Å². The van der Waals surface area contributed by atoms with Crippen molar-refractivity contribution in [1.82, 2.24) is 19.7 Å². The maximum absolute atomic E-state index is 4.43. The summed E-state index contributed by atoms with van der Waals surface area (Å²) in [6.45, 7) is 0. The fraction of sp³-hybridized carbons (Fsp3) is 0.267. The van der Waals surface area contributed by atoms with Gasteiger partial charge in [-0.3, -0.25) is 4.57 Å². The van der Waals surface area contributed by atoms with Gasteiger partial charge in [0.1, 0.15) is 5.82 Å². The van der Waals surface area contributed by atoms with Crippen LogP contribution in [-0.4, -0.2) is 19.7 Å². The topological polar surface area (TPSA) is 43.6 Å². The maximum atomic E-state index is 4.43. The lowest BCUT2D eigenvalue weighted by Gasteiger charge is -2.09. The Bertz CT molecular complexity index is 717. The van der Waals surface area contributed by atoms with Gasteiger partial charge in [0, 0.05) is 22.7 Å². The Morgan fingerprint density at radius 2 is 2.05 bits per heavy atom. The molecule has 0 saturated heterocycles. The Hall–Kier alpha value is -1.66. The summed E-state index contributed by atoms with van der Waals surface area (Å²) in [7, 11) is 0. The van der Waals surface area contributed by atoms with Crippen molar-refractivity contribution >= 4 is 23.1 Å². The second-order valence-electron chi connectivity index (χ2n) is 5.05. The summed E-state index contributed by atoms with van der Waals surface area (Å²) in [6, 6.07) is 10.4. The van der Waals surface area contributed by atoms with Crippen molar-refractivity contribution in [2.75, 3.05) is 0 Å². The van der Waals surface area contributed by atoms with Crippen LogP contribution in [0.25, 0.3) is 5.69 Å². The molecule has 1 aromatic carbocycles. The molecule has 0 N–H and O–H groups in total. The molecule has 1 fully saturated rings. The van der Waals surface area contributed by atoms with Crippen LogP contribution in [0.1, 0.15) is 30.3 Å². The Labute approximate surface area is 131 Å². The van der Waals surface area contributed by atoms with Gasteiger partial charge < -0.3 is 0 Å². The minimum Gasteiger partial charge on any atom is -0.274 e. The second-order valence-corrected chi connectivity index (χ2v) is 6.72. The lowest BCUT2D eigenvalue weighted by molar-refractivity contribution is 0.829. The van der Waals surface area contributed by atoms with E-state index in [1.807, 2.05) is 11.6 Å². The van der Waals surface area contributed by atoms with Crippen molar-refractivity contribution in [2.45, 2.75) is 29.7 Å². The van der Waals surface area contributed by atoms with Gasteiger partial charge in [-0.15, -0.1) is 21.5 Å². The van der Waals surface area contributed by atoms with Crippen LogP contribution in [-0.2, 0) is 5.75 Å². The highest BCUT2D eigenvalue weighted by Gasteiger charge is 2.30. The first-order chi connectivity index (χ1) is 10.4. The molecule has 4 rings (SSSR count). The minimum atomic E-state index is 0.575. The molecule has 6 heteroatoms. The summed E-state index contributed by atoms with van der Waals surface area (Å²) in [4.78, 5) is 4.33. The van der Waals surface area contributed by atoms with E-state index >= 15 is 0 Å². The molecule has 2 aromatic heterocycles. The molecular weight excluding hydrogens is 300 g/mol. The lowest BCUT2D eigenvalue weighted by Crippen LogP contribution is -2.01. The maximum Gasteiger partial charge on any atom is 0.196 e. The molecule has 0 atom stereocenters. The second kappa shape index (κ2) is 5.61. The smallest absolute Gasteiger partial charge is 0.196 e. The van der Waals surface area contributed by atoms with Crippen molar-refractivity contribution in [3.05, 3.63) is 52.7 Å². The van der Waals surface area contributed by atoms with Crippen LogP contribution in [0.3, 0.4) is 0 Å². The van der Waals surface area contributed by atoms with E-state index in [4.69, 9.17) is 0 Å². The molecular formula is C15H14N4S2. The van der Waals surface area contributed by atoms with Crippen LogP contribution in [0.2, 0.25) is 0 Å². The van der Waals surface area contributed by atoms with E-state index in [-0.39, 0.29) is 0 Å². The summed E-state index contributed by atoms with van der Waals surface area (Å²) in [5, 5.41) is 11.9. The predicted molar refractivity (Wildman–Crippen MR) is 85.0 cm³/mol. The zero-order valence-electron chi connectivity index (χ0n) is 11.3. The van der Waals surface area contributed by atoms with Gasteiger partial charge >= 0.3 is 0 Å². The third-order valence-electron chi connectivity index (χ3n) is 3.45. The summed E-state index contributed by atoms with van der Waals surface area (Å²) in [5.41, 5.74) is 4.11. The summed E-state index contributed by atoms with van der Waals surface area (Å²) >= 11 is 3.33. The Kier molecular flexibility index (Phi) is 3.48. The van der Waals surface area contributed by atoms with Gasteiger partial charge in [-0.05, 0) is 25.0 Å². The van der Waals surface area contributed by atoms with Gasteiger partial charge in [-0.2, -0.15) is 0 Å². The third kappa shape index (κ3) is 2.73. The van der Waals surface area contributed by atoms with E-state index in [1.54, 1.807) is 23.1 Å². The first kappa shape index (κ1) is 13.0. The quantitative estimate of drug-likeness (QED) is 0.670. The number of thioether (sulfide) groups is 1. The lowest BCUT2D eigenvalue weighted by atomic mass is 10.3. The predicted octanol–water partition coefficient (Wildman–Crippen LogP) is 3.89. The molecule has 0 bridgehead atoms. The molecule has 3 aromatic rings. The Balaban J connectivity index is 1.67. The van der Waals surface area contributed by atoms with Gasteiger partial charge in [-0.25, -0.2) is 4.98 Å². The first-order valence-electron chi connectivity index (χ1n) is 6.92. The zero-order valence-corrected chi connectivity index (χ0v) is 13.0. The monoisotopic (exact) mass is 314 g/mol. The van der Waals surface area contributed by atoms with Gasteiger partial charge in [0.2, 0.25) is 0 Å². The van der Waals surface area contributed by atoms with Gasteiger partial charge in [0.05, 0.1) is 11.2 Å². The molecule has 21 heavy (non-hydrogen) atoms. The van der Waals surface area contributed by atoms with Gasteiger partial charge in [0.25, 0.3) is 0 Å². The average molecular weight is 314 g/mol. The van der Waals surface area contributed by atoms with E-state index in [0.717, 1.165) is 28.1 Å². The fourth-order valence-electron chi connectivity index (χ4n) is 2.25. The number of nitrogens with zero attached hydrogens (tertiary/aromatic N) is 4. The zero-order chi connectivity index (χ0) is 14.1. The van der Waals surface area contributed by atoms with Crippen molar-refractivity contribution in [3.63, 3.8) is 0 Å². The number of rotatable bonds is 5. The number of benzene rings is 1. The minimum absolute atomic E-state index is 0.575. The molecule has 1 aliphatic rings. The summed E-state index contributed by atoms with van der Waals surface area (Å²) in [6.07, 6.45) is 2.45. The SMILES string of the molecule is c1ccc(-n2c(SCc3cscn3)nnc2C2CC2)cc1. The van der Waals surface area contributed by atoms with Crippen LogP contribution >= 0.6 is 23.1 Å².